The van der Waals surface area contributed by atoms with Crippen molar-refractivity contribution < 1.29 is 0 Å². The fourth-order valence-corrected chi connectivity index (χ4v) is 1.78. The highest BCUT2D eigenvalue weighted by molar-refractivity contribution is 4.86. The van der Waals surface area contributed by atoms with Crippen molar-refractivity contribution in [2.45, 2.75) is 46.0 Å². The van der Waals surface area contributed by atoms with Crippen molar-refractivity contribution in [3.8, 4) is 0 Å². The molecule has 0 heterocycles. The van der Waals surface area contributed by atoms with E-state index in [1.165, 1.54) is 32.1 Å². The van der Waals surface area contributed by atoms with E-state index in [1.807, 2.05) is 0 Å². The molecule has 1 unspecified atom stereocenters. The van der Waals surface area contributed by atoms with Gasteiger partial charge in [-0.05, 0) is 37.5 Å². The Bertz CT molecular complexity index is 122. The molecule has 0 radical (unpaired) electrons. The van der Waals surface area contributed by atoms with Gasteiger partial charge in [-0.2, -0.15) is 0 Å². The number of hydrogen-bond donors (Lipinski definition) is 0. The van der Waals surface area contributed by atoms with Gasteiger partial charge in [-0.1, -0.05) is 32.4 Å². The molecule has 0 spiro atoms. The molecule has 0 nitrogen and oxygen atoms in total. The smallest absolute Gasteiger partial charge is 0.0320 e. The lowest BCUT2D eigenvalue weighted by molar-refractivity contribution is 0.347. The molecule has 0 amide bonds. The lowest BCUT2D eigenvalue weighted by Crippen LogP contribution is -2.08. The van der Waals surface area contributed by atoms with Crippen molar-refractivity contribution in [2.75, 3.05) is 0 Å². The van der Waals surface area contributed by atoms with Crippen LogP contribution in [-0.2, 0) is 0 Å². The Kier molecular flexibility index (Phi) is 3.68. The summed E-state index contributed by atoms with van der Waals surface area (Å²) in [5, 5.41) is 0. The van der Waals surface area contributed by atoms with Gasteiger partial charge in [0.2, 0.25) is 0 Å². The second-order valence-electron chi connectivity index (χ2n) is 4.00. The van der Waals surface area contributed by atoms with Crippen LogP contribution in [0.5, 0.6) is 0 Å². The van der Waals surface area contributed by atoms with E-state index >= 15 is 0 Å². The molecule has 0 aromatic rings. The highest BCUT2D eigenvalue weighted by Crippen LogP contribution is 2.24. The normalized spacial score (nSPS) is 26.6. The van der Waals surface area contributed by atoms with Gasteiger partial charge in [0.15, 0.2) is 0 Å². The van der Waals surface area contributed by atoms with Crippen molar-refractivity contribution >= 4 is 0 Å². The zero-order valence-corrected chi connectivity index (χ0v) is 7.84. The summed E-state index contributed by atoms with van der Waals surface area (Å²) in [6, 6.07) is 0. The van der Waals surface area contributed by atoms with E-state index in [2.05, 4.69) is 26.0 Å². The fourth-order valence-electron chi connectivity index (χ4n) is 1.78. The molecule has 0 aliphatic heterocycles. The Morgan fingerprint density at radius 2 is 2.00 bits per heavy atom. The summed E-state index contributed by atoms with van der Waals surface area (Å²) in [4.78, 5) is 0. The van der Waals surface area contributed by atoms with Crippen molar-refractivity contribution in [2.24, 2.45) is 11.8 Å². The SMILES string of the molecule is CC(C)C1CC=CCCCC1. The molecule has 11 heavy (non-hydrogen) atoms. The topological polar surface area (TPSA) is 0 Å². The molecule has 0 saturated heterocycles. The van der Waals surface area contributed by atoms with Crippen LogP contribution in [0, 0.1) is 11.8 Å². The lowest BCUT2D eigenvalue weighted by Gasteiger charge is -2.20. The van der Waals surface area contributed by atoms with Crippen LogP contribution in [0.2, 0.25) is 0 Å². The summed E-state index contributed by atoms with van der Waals surface area (Å²) in [6.45, 7) is 4.69. The van der Waals surface area contributed by atoms with Crippen LogP contribution in [0.25, 0.3) is 0 Å². The van der Waals surface area contributed by atoms with Crippen LogP contribution >= 0.6 is 0 Å². The van der Waals surface area contributed by atoms with E-state index in [-0.39, 0.29) is 0 Å². The van der Waals surface area contributed by atoms with Gasteiger partial charge in [0, 0.05) is 0 Å². The molecule has 0 fully saturated rings. The Balaban J connectivity index is 2.38. The van der Waals surface area contributed by atoms with Gasteiger partial charge in [-0.3, -0.25) is 0 Å². The molecule has 0 heteroatoms. The third kappa shape index (κ3) is 3.09. The van der Waals surface area contributed by atoms with Crippen LogP contribution in [0.3, 0.4) is 0 Å². The van der Waals surface area contributed by atoms with E-state index in [4.69, 9.17) is 0 Å². The molecule has 64 valence electrons. The van der Waals surface area contributed by atoms with Gasteiger partial charge in [0.25, 0.3) is 0 Å². The average molecular weight is 152 g/mol. The largest absolute Gasteiger partial charge is 0.0885 e. The fraction of sp³-hybridized carbons (Fsp3) is 0.818. The van der Waals surface area contributed by atoms with Crippen LogP contribution < -0.4 is 0 Å². The zero-order valence-electron chi connectivity index (χ0n) is 7.84. The predicted molar refractivity (Wildman–Crippen MR) is 50.6 cm³/mol. The van der Waals surface area contributed by atoms with E-state index in [0.717, 1.165) is 11.8 Å². The maximum atomic E-state index is 2.38. The van der Waals surface area contributed by atoms with E-state index < -0.39 is 0 Å². The first kappa shape index (κ1) is 8.83. The van der Waals surface area contributed by atoms with Crippen molar-refractivity contribution in [1.82, 2.24) is 0 Å². The molecule has 1 atom stereocenters. The first-order valence-corrected chi connectivity index (χ1v) is 4.95. The average Bonchev–Trinajstić information content (AvgIpc) is 1.84. The Labute approximate surface area is 70.7 Å². The van der Waals surface area contributed by atoms with Crippen molar-refractivity contribution in [3.05, 3.63) is 12.2 Å². The summed E-state index contributed by atoms with van der Waals surface area (Å²) in [6.07, 6.45) is 11.6. The highest BCUT2D eigenvalue weighted by Gasteiger charge is 2.11. The molecule has 0 bridgehead atoms. The lowest BCUT2D eigenvalue weighted by atomic mass is 9.86. The molecule has 1 aliphatic carbocycles. The van der Waals surface area contributed by atoms with Crippen LogP contribution in [0.4, 0.5) is 0 Å². The van der Waals surface area contributed by atoms with Crippen molar-refractivity contribution in [3.63, 3.8) is 0 Å². The van der Waals surface area contributed by atoms with Gasteiger partial charge in [-0.25, -0.2) is 0 Å². The van der Waals surface area contributed by atoms with Gasteiger partial charge in [-0.15, -0.1) is 0 Å². The third-order valence-corrected chi connectivity index (χ3v) is 2.74. The summed E-state index contributed by atoms with van der Waals surface area (Å²) in [5.41, 5.74) is 0. The molecule has 1 rings (SSSR count). The summed E-state index contributed by atoms with van der Waals surface area (Å²) in [5.74, 6) is 1.82. The molecular weight excluding hydrogens is 132 g/mol. The summed E-state index contributed by atoms with van der Waals surface area (Å²) >= 11 is 0. The molecule has 1 aliphatic rings. The van der Waals surface area contributed by atoms with Crippen LogP contribution in [-0.4, -0.2) is 0 Å². The second kappa shape index (κ2) is 4.58. The van der Waals surface area contributed by atoms with Gasteiger partial charge in [0.1, 0.15) is 0 Å². The molecule has 0 aromatic carbocycles. The Morgan fingerprint density at radius 1 is 1.18 bits per heavy atom. The summed E-state index contributed by atoms with van der Waals surface area (Å²) in [7, 11) is 0. The maximum absolute atomic E-state index is 2.38. The van der Waals surface area contributed by atoms with Gasteiger partial charge < -0.3 is 0 Å². The van der Waals surface area contributed by atoms with Gasteiger partial charge >= 0.3 is 0 Å². The quantitative estimate of drug-likeness (QED) is 0.502. The standard InChI is InChI=1S/C11H20/c1-10(2)11-8-6-4-3-5-7-9-11/h4,6,10-11H,3,5,7-9H2,1-2H3. The van der Waals surface area contributed by atoms with Crippen LogP contribution in [0.15, 0.2) is 12.2 Å². The van der Waals surface area contributed by atoms with E-state index in [9.17, 15) is 0 Å². The maximum Gasteiger partial charge on any atom is -0.0320 e. The summed E-state index contributed by atoms with van der Waals surface area (Å²) < 4.78 is 0. The molecular formula is C11H20. The molecule has 0 saturated carbocycles. The minimum absolute atomic E-state index is 0.873. The van der Waals surface area contributed by atoms with E-state index in [0.29, 0.717) is 0 Å². The van der Waals surface area contributed by atoms with E-state index in [1.54, 1.807) is 0 Å². The Hall–Kier alpha value is -0.260. The first-order chi connectivity index (χ1) is 5.30. The number of hydrogen-bond acceptors (Lipinski definition) is 0. The Morgan fingerprint density at radius 3 is 2.73 bits per heavy atom. The number of rotatable bonds is 1. The van der Waals surface area contributed by atoms with Crippen LogP contribution in [0.1, 0.15) is 46.0 Å². The third-order valence-electron chi connectivity index (χ3n) is 2.74. The molecule has 0 aromatic heterocycles. The zero-order chi connectivity index (χ0) is 8.10. The number of allylic oxidation sites excluding steroid dienone is 2. The first-order valence-electron chi connectivity index (χ1n) is 4.95. The minimum Gasteiger partial charge on any atom is -0.0885 e. The monoisotopic (exact) mass is 152 g/mol. The minimum atomic E-state index is 0.873. The van der Waals surface area contributed by atoms with Gasteiger partial charge in [0.05, 0.1) is 0 Å². The van der Waals surface area contributed by atoms with Crippen molar-refractivity contribution in [1.29, 1.82) is 0 Å². The second-order valence-corrected chi connectivity index (χ2v) is 4.00. The molecule has 0 N–H and O–H groups in total. The predicted octanol–water partition coefficient (Wildman–Crippen LogP) is 3.78. The highest BCUT2D eigenvalue weighted by atomic mass is 14.2.